The van der Waals surface area contributed by atoms with Crippen molar-refractivity contribution in [2.24, 2.45) is 0 Å². The van der Waals surface area contributed by atoms with E-state index in [1.165, 1.54) is 6.92 Å². The summed E-state index contributed by atoms with van der Waals surface area (Å²) in [5, 5.41) is 4.81. The van der Waals surface area contributed by atoms with Crippen LogP contribution >= 0.6 is 11.6 Å². The molecule has 0 unspecified atom stereocenters. The summed E-state index contributed by atoms with van der Waals surface area (Å²) in [6, 6.07) is 3.47. The van der Waals surface area contributed by atoms with Crippen LogP contribution in [0, 0.1) is 0 Å². The minimum absolute atomic E-state index is 0.149. The number of rotatable bonds is 1. The monoisotopic (exact) mass is 221 g/mol. The molecule has 0 spiro atoms. The third-order valence-electron chi connectivity index (χ3n) is 1.87. The maximum atomic E-state index is 10.8. The van der Waals surface area contributed by atoms with Gasteiger partial charge in [-0.1, -0.05) is 11.6 Å². The number of anilines is 1. The number of nitrogens with zero attached hydrogens (tertiary/aromatic N) is 2. The van der Waals surface area contributed by atoms with Gasteiger partial charge in [-0.15, -0.1) is 0 Å². The molecule has 0 aliphatic rings. The van der Waals surface area contributed by atoms with E-state index in [9.17, 15) is 4.79 Å². The van der Waals surface area contributed by atoms with Gasteiger partial charge in [0.15, 0.2) is 0 Å². The fourth-order valence-electron chi connectivity index (χ4n) is 1.26. The molecule has 4 nitrogen and oxygen atoms in total. The van der Waals surface area contributed by atoms with Crippen molar-refractivity contribution >= 4 is 34.1 Å². The predicted molar refractivity (Wildman–Crippen MR) is 58.9 cm³/mol. The largest absolute Gasteiger partial charge is 0.311 e. The van der Waals surface area contributed by atoms with E-state index in [0.717, 1.165) is 10.8 Å². The number of hydrogen-bond donors (Lipinski definition) is 1. The van der Waals surface area contributed by atoms with Gasteiger partial charge in [0.25, 0.3) is 0 Å². The van der Waals surface area contributed by atoms with Crippen molar-refractivity contribution in [3.8, 4) is 0 Å². The molecule has 0 aliphatic heterocycles. The molecular formula is C10H8ClN3O. The van der Waals surface area contributed by atoms with Crippen LogP contribution in [0.1, 0.15) is 6.92 Å². The average molecular weight is 222 g/mol. The summed E-state index contributed by atoms with van der Waals surface area (Å²) in [4.78, 5) is 18.8. The molecule has 2 aromatic heterocycles. The quantitative estimate of drug-likeness (QED) is 0.752. The second-order valence-electron chi connectivity index (χ2n) is 3.10. The van der Waals surface area contributed by atoms with Crippen LogP contribution in [0.25, 0.3) is 10.8 Å². The highest BCUT2D eigenvalue weighted by Crippen LogP contribution is 2.18. The molecule has 0 radical (unpaired) electrons. The minimum atomic E-state index is -0.149. The molecule has 5 heteroatoms. The molecule has 1 N–H and O–H groups in total. The van der Waals surface area contributed by atoms with Crippen LogP contribution in [0.4, 0.5) is 5.82 Å². The maximum Gasteiger partial charge on any atom is 0.222 e. The lowest BCUT2D eigenvalue weighted by atomic mass is 10.2. The summed E-state index contributed by atoms with van der Waals surface area (Å²) in [6.45, 7) is 1.44. The number of halogens is 1. The molecule has 0 aromatic carbocycles. The first-order valence-electron chi connectivity index (χ1n) is 4.34. The zero-order valence-corrected chi connectivity index (χ0v) is 8.75. The van der Waals surface area contributed by atoms with E-state index in [-0.39, 0.29) is 5.91 Å². The smallest absolute Gasteiger partial charge is 0.222 e. The molecule has 1 amide bonds. The van der Waals surface area contributed by atoms with Gasteiger partial charge in [0.05, 0.1) is 0 Å². The number of nitrogens with one attached hydrogen (secondary N) is 1. The van der Waals surface area contributed by atoms with E-state index in [0.29, 0.717) is 11.0 Å². The predicted octanol–water partition coefficient (Wildman–Crippen LogP) is 2.24. The topological polar surface area (TPSA) is 54.9 Å². The molecule has 0 saturated carbocycles. The summed E-state index contributed by atoms with van der Waals surface area (Å²) in [6.07, 6.45) is 3.29. The van der Waals surface area contributed by atoms with Crippen molar-refractivity contribution in [2.75, 3.05) is 5.32 Å². The van der Waals surface area contributed by atoms with Gasteiger partial charge in [0.1, 0.15) is 11.0 Å². The summed E-state index contributed by atoms with van der Waals surface area (Å²) >= 11 is 5.73. The first-order valence-corrected chi connectivity index (χ1v) is 4.72. The average Bonchev–Trinajstić information content (AvgIpc) is 2.17. The van der Waals surface area contributed by atoms with E-state index in [2.05, 4.69) is 15.3 Å². The Morgan fingerprint density at radius 2 is 1.93 bits per heavy atom. The van der Waals surface area contributed by atoms with E-state index in [1.54, 1.807) is 24.5 Å². The first-order chi connectivity index (χ1) is 7.15. The van der Waals surface area contributed by atoms with Crippen molar-refractivity contribution in [3.05, 3.63) is 29.7 Å². The van der Waals surface area contributed by atoms with Crippen LogP contribution in [0.2, 0.25) is 5.15 Å². The van der Waals surface area contributed by atoms with Gasteiger partial charge in [-0.3, -0.25) is 4.79 Å². The third-order valence-corrected chi connectivity index (χ3v) is 2.08. The fourth-order valence-corrected chi connectivity index (χ4v) is 1.43. The van der Waals surface area contributed by atoms with Crippen molar-refractivity contribution in [1.29, 1.82) is 0 Å². The van der Waals surface area contributed by atoms with E-state index in [4.69, 9.17) is 11.6 Å². The van der Waals surface area contributed by atoms with E-state index in [1.807, 2.05) is 0 Å². The summed E-state index contributed by atoms with van der Waals surface area (Å²) < 4.78 is 0. The molecular weight excluding hydrogens is 214 g/mol. The lowest BCUT2D eigenvalue weighted by molar-refractivity contribution is -0.114. The van der Waals surface area contributed by atoms with Crippen LogP contribution < -0.4 is 5.32 Å². The molecule has 76 valence electrons. The third kappa shape index (κ3) is 2.22. The standard InChI is InChI=1S/C10H8ClN3O/c1-6(15)14-10-3-8-4-12-9(11)2-7(8)5-13-10/h2-5H,1H3,(H,13,14,15). The molecule has 0 saturated heterocycles. The Kier molecular flexibility index (Phi) is 2.51. The van der Waals surface area contributed by atoms with Gasteiger partial charge in [-0.05, 0) is 12.1 Å². The Morgan fingerprint density at radius 1 is 1.27 bits per heavy atom. The number of aromatic nitrogens is 2. The van der Waals surface area contributed by atoms with E-state index < -0.39 is 0 Å². The van der Waals surface area contributed by atoms with Crippen LogP contribution in [0.3, 0.4) is 0 Å². The number of hydrogen-bond acceptors (Lipinski definition) is 3. The number of pyridine rings is 2. The van der Waals surface area contributed by atoms with Gasteiger partial charge in [0.2, 0.25) is 5.91 Å². The number of fused-ring (bicyclic) bond motifs is 1. The molecule has 2 heterocycles. The SMILES string of the molecule is CC(=O)Nc1cc2cnc(Cl)cc2cn1. The highest BCUT2D eigenvalue weighted by molar-refractivity contribution is 6.30. The van der Waals surface area contributed by atoms with Gasteiger partial charge < -0.3 is 5.32 Å². The van der Waals surface area contributed by atoms with Gasteiger partial charge in [-0.25, -0.2) is 9.97 Å². The maximum absolute atomic E-state index is 10.8. The van der Waals surface area contributed by atoms with Crippen LogP contribution in [0.5, 0.6) is 0 Å². The van der Waals surface area contributed by atoms with Crippen molar-refractivity contribution < 1.29 is 4.79 Å². The second-order valence-corrected chi connectivity index (χ2v) is 3.49. The fraction of sp³-hybridized carbons (Fsp3) is 0.100. The number of amides is 1. The lowest BCUT2D eigenvalue weighted by Gasteiger charge is -2.02. The Morgan fingerprint density at radius 3 is 2.67 bits per heavy atom. The summed E-state index contributed by atoms with van der Waals surface area (Å²) in [7, 11) is 0. The highest BCUT2D eigenvalue weighted by Gasteiger charge is 2.00. The summed E-state index contributed by atoms with van der Waals surface area (Å²) in [5.41, 5.74) is 0. The zero-order chi connectivity index (χ0) is 10.8. The van der Waals surface area contributed by atoms with Crippen molar-refractivity contribution in [1.82, 2.24) is 9.97 Å². The lowest BCUT2D eigenvalue weighted by Crippen LogP contribution is -2.06. The molecule has 0 atom stereocenters. The first kappa shape index (κ1) is 9.86. The van der Waals surface area contributed by atoms with Crippen LogP contribution in [-0.2, 0) is 4.79 Å². The molecule has 0 aliphatic carbocycles. The van der Waals surface area contributed by atoms with Gasteiger partial charge in [0, 0.05) is 30.1 Å². The van der Waals surface area contributed by atoms with Crippen molar-refractivity contribution in [2.45, 2.75) is 6.92 Å². The summed E-state index contributed by atoms with van der Waals surface area (Å²) in [5.74, 6) is 0.364. The number of carbonyl (C=O) groups excluding carboxylic acids is 1. The second kappa shape index (κ2) is 3.82. The molecule has 2 aromatic rings. The Balaban J connectivity index is 2.47. The highest BCUT2D eigenvalue weighted by atomic mass is 35.5. The van der Waals surface area contributed by atoms with Crippen LogP contribution in [-0.4, -0.2) is 15.9 Å². The van der Waals surface area contributed by atoms with E-state index >= 15 is 0 Å². The van der Waals surface area contributed by atoms with Gasteiger partial charge in [-0.2, -0.15) is 0 Å². The molecule has 0 fully saturated rings. The Hall–Kier alpha value is -1.68. The Labute approximate surface area is 91.3 Å². The molecule has 15 heavy (non-hydrogen) atoms. The minimum Gasteiger partial charge on any atom is -0.311 e. The molecule has 0 bridgehead atoms. The number of carbonyl (C=O) groups is 1. The normalized spacial score (nSPS) is 10.3. The van der Waals surface area contributed by atoms with Crippen molar-refractivity contribution in [3.63, 3.8) is 0 Å². The Bertz CT molecular complexity index is 527. The van der Waals surface area contributed by atoms with Gasteiger partial charge >= 0.3 is 0 Å². The molecule has 2 rings (SSSR count). The van der Waals surface area contributed by atoms with Crippen LogP contribution in [0.15, 0.2) is 24.5 Å². The zero-order valence-electron chi connectivity index (χ0n) is 7.99.